The van der Waals surface area contributed by atoms with Gasteiger partial charge in [-0.1, -0.05) is 115 Å². The Balaban J connectivity index is 0.920. The van der Waals surface area contributed by atoms with Gasteiger partial charge >= 0.3 is 0 Å². The van der Waals surface area contributed by atoms with Gasteiger partial charge in [0.1, 0.15) is 0 Å². The van der Waals surface area contributed by atoms with Gasteiger partial charge in [0.2, 0.25) is 5.95 Å². The number of thiophene rings is 1. The maximum absolute atomic E-state index is 5.32. The molecule has 0 amide bonds. The Hall–Kier alpha value is -8.26. The third kappa shape index (κ3) is 5.78. The fraction of sp³-hybridized carbons (Fsp3) is 0. The van der Waals surface area contributed by atoms with Crippen LogP contribution in [0.15, 0.2) is 207 Å². The van der Waals surface area contributed by atoms with Gasteiger partial charge in [0.05, 0.1) is 44.8 Å². The first-order chi connectivity index (χ1) is 31.2. The van der Waals surface area contributed by atoms with Crippen LogP contribution in [0.4, 0.5) is 0 Å². The van der Waals surface area contributed by atoms with Crippen molar-refractivity contribution in [1.29, 1.82) is 0 Å². The Morgan fingerprint density at radius 3 is 1.54 bits per heavy atom. The molecule has 0 atom stereocenters. The van der Waals surface area contributed by atoms with Crippen molar-refractivity contribution in [3.05, 3.63) is 207 Å². The molecule has 0 aliphatic carbocycles. The predicted octanol–water partition coefficient (Wildman–Crippen LogP) is 14.5. The van der Waals surface area contributed by atoms with E-state index in [1.54, 1.807) is 0 Å². The van der Waals surface area contributed by atoms with Crippen molar-refractivity contribution in [2.45, 2.75) is 0 Å². The molecule has 0 fully saturated rings. The minimum Gasteiger partial charge on any atom is -0.309 e. The molecular formula is C56H34N6S. The summed E-state index contributed by atoms with van der Waals surface area (Å²) in [5.74, 6) is 0.629. The highest BCUT2D eigenvalue weighted by atomic mass is 32.1. The lowest BCUT2D eigenvalue weighted by molar-refractivity contribution is 0.995. The quantitative estimate of drug-likeness (QED) is 0.168. The summed E-state index contributed by atoms with van der Waals surface area (Å²) in [7, 11) is 0. The Morgan fingerprint density at radius 1 is 0.333 bits per heavy atom. The fourth-order valence-corrected chi connectivity index (χ4v) is 10.4. The Bertz CT molecular complexity index is 3860. The van der Waals surface area contributed by atoms with Crippen LogP contribution >= 0.6 is 11.3 Å². The van der Waals surface area contributed by atoms with Crippen LogP contribution < -0.4 is 0 Å². The van der Waals surface area contributed by atoms with E-state index in [0.29, 0.717) is 5.95 Å². The van der Waals surface area contributed by atoms with Gasteiger partial charge in [-0.25, -0.2) is 15.0 Å². The molecule has 0 saturated carbocycles. The van der Waals surface area contributed by atoms with Gasteiger partial charge in [-0.15, -0.1) is 11.3 Å². The van der Waals surface area contributed by atoms with E-state index < -0.39 is 0 Å². The molecule has 0 spiro atoms. The van der Waals surface area contributed by atoms with E-state index in [-0.39, 0.29) is 0 Å². The van der Waals surface area contributed by atoms with Gasteiger partial charge < -0.3 is 4.57 Å². The van der Waals surface area contributed by atoms with Crippen molar-refractivity contribution >= 4 is 75.1 Å². The molecule has 0 aliphatic heterocycles. The zero-order chi connectivity index (χ0) is 41.4. The molecule has 13 aromatic rings. The third-order valence-corrected chi connectivity index (χ3v) is 13.4. The molecule has 0 aliphatic rings. The Labute approximate surface area is 365 Å². The zero-order valence-corrected chi connectivity index (χ0v) is 34.5. The van der Waals surface area contributed by atoms with E-state index in [2.05, 4.69) is 172 Å². The molecule has 6 nitrogen and oxygen atoms in total. The molecule has 0 N–H and O–H groups in total. The molecule has 0 unspecified atom stereocenters. The van der Waals surface area contributed by atoms with Crippen LogP contribution in [0.25, 0.3) is 120 Å². The van der Waals surface area contributed by atoms with Crippen LogP contribution in [0.1, 0.15) is 0 Å². The molecule has 0 bridgehead atoms. The lowest BCUT2D eigenvalue weighted by atomic mass is 10.0. The highest BCUT2D eigenvalue weighted by Gasteiger charge is 2.19. The van der Waals surface area contributed by atoms with Crippen LogP contribution in [-0.4, -0.2) is 29.1 Å². The van der Waals surface area contributed by atoms with Gasteiger partial charge in [0.25, 0.3) is 0 Å². The van der Waals surface area contributed by atoms with E-state index in [4.69, 9.17) is 15.0 Å². The first kappa shape index (κ1) is 35.5. The van der Waals surface area contributed by atoms with E-state index in [0.717, 1.165) is 78.0 Å². The molecule has 0 saturated heterocycles. The van der Waals surface area contributed by atoms with E-state index >= 15 is 0 Å². The number of benzene rings is 7. The van der Waals surface area contributed by atoms with Crippen LogP contribution in [0.3, 0.4) is 0 Å². The van der Waals surface area contributed by atoms with Crippen molar-refractivity contribution in [3.8, 4) is 56.7 Å². The SMILES string of the molecule is c1ccc(-c2cc(-c3ccccc3)nc(-n3c4ccccc4c4cc(-c5cccc(-c6ccc7c(c6)c6ccccc6n7-c6ccc7sc8ccncc8c7c6)n5)ccc43)n2)cc1. The normalized spacial score (nSPS) is 11.8. The summed E-state index contributed by atoms with van der Waals surface area (Å²) >= 11 is 1.81. The predicted molar refractivity (Wildman–Crippen MR) is 261 cm³/mol. The summed E-state index contributed by atoms with van der Waals surface area (Å²) in [6.07, 6.45) is 3.85. The zero-order valence-electron chi connectivity index (χ0n) is 33.7. The number of nitrogens with zero attached hydrogens (tertiary/aromatic N) is 6. The Morgan fingerprint density at radius 2 is 0.889 bits per heavy atom. The standard InChI is InChI=1S/C56H34N6S/c1-3-12-35(13-4-1)48-33-49(36-14-5-2-6-15-36)60-56(59-48)62-51-21-10-8-17-41(51)43-31-38(23-26-53(43)62)47-19-11-18-46(58-47)37-22-25-52-42(30-37)40-16-7-9-20-50(40)61(52)39-24-27-54-44(32-39)45-34-57-29-28-55(45)63-54/h1-34H. The smallest absolute Gasteiger partial charge is 0.235 e. The maximum atomic E-state index is 5.32. The molecule has 7 heteroatoms. The van der Waals surface area contributed by atoms with Crippen LogP contribution in [0.5, 0.6) is 0 Å². The van der Waals surface area contributed by atoms with Gasteiger partial charge in [-0.05, 0) is 78.9 Å². The number of rotatable bonds is 6. The van der Waals surface area contributed by atoms with Crippen LogP contribution in [0.2, 0.25) is 0 Å². The van der Waals surface area contributed by atoms with Crippen molar-refractivity contribution in [2.75, 3.05) is 0 Å². The van der Waals surface area contributed by atoms with Crippen molar-refractivity contribution in [1.82, 2.24) is 29.1 Å². The lowest BCUT2D eigenvalue weighted by Gasteiger charge is -2.12. The number of fused-ring (bicyclic) bond motifs is 9. The minimum atomic E-state index is 0.629. The summed E-state index contributed by atoms with van der Waals surface area (Å²) in [5, 5.41) is 7.07. The second-order valence-corrected chi connectivity index (χ2v) is 17.0. The average Bonchev–Trinajstić information content (AvgIpc) is 4.01. The molecule has 63 heavy (non-hydrogen) atoms. The van der Waals surface area contributed by atoms with E-state index in [1.165, 1.54) is 36.5 Å². The molecule has 0 radical (unpaired) electrons. The fourth-order valence-electron chi connectivity index (χ4n) is 9.31. The van der Waals surface area contributed by atoms with Crippen molar-refractivity contribution in [3.63, 3.8) is 0 Å². The maximum Gasteiger partial charge on any atom is 0.235 e. The average molecular weight is 823 g/mol. The van der Waals surface area contributed by atoms with Gasteiger partial charge in [-0.2, -0.15) is 0 Å². The monoisotopic (exact) mass is 822 g/mol. The van der Waals surface area contributed by atoms with Crippen molar-refractivity contribution < 1.29 is 0 Å². The summed E-state index contributed by atoms with van der Waals surface area (Å²) in [6.45, 7) is 0. The first-order valence-corrected chi connectivity index (χ1v) is 21.8. The number of para-hydroxylation sites is 2. The minimum absolute atomic E-state index is 0.629. The summed E-state index contributed by atoms with van der Waals surface area (Å²) in [6, 6.07) is 68.5. The Kier molecular flexibility index (Phi) is 7.98. The highest BCUT2D eigenvalue weighted by molar-refractivity contribution is 7.25. The molecule has 294 valence electrons. The van der Waals surface area contributed by atoms with Gasteiger partial charge in [0, 0.05) is 82.1 Å². The molecule has 6 heterocycles. The molecule has 7 aromatic carbocycles. The second-order valence-electron chi connectivity index (χ2n) is 15.9. The number of hydrogen-bond acceptors (Lipinski definition) is 5. The highest BCUT2D eigenvalue weighted by Crippen LogP contribution is 2.40. The lowest BCUT2D eigenvalue weighted by Crippen LogP contribution is -2.04. The molecule has 13 rings (SSSR count). The van der Waals surface area contributed by atoms with E-state index in [1.807, 2.05) is 60.1 Å². The summed E-state index contributed by atoms with van der Waals surface area (Å²) < 4.78 is 7.10. The van der Waals surface area contributed by atoms with Crippen molar-refractivity contribution in [2.24, 2.45) is 0 Å². The largest absolute Gasteiger partial charge is 0.309 e. The van der Waals surface area contributed by atoms with Crippen LogP contribution in [-0.2, 0) is 0 Å². The molecule has 6 aromatic heterocycles. The van der Waals surface area contributed by atoms with Crippen LogP contribution in [0, 0.1) is 0 Å². The molecular weight excluding hydrogens is 789 g/mol. The summed E-state index contributed by atoms with van der Waals surface area (Å²) in [4.78, 5) is 20.2. The van der Waals surface area contributed by atoms with E-state index in [9.17, 15) is 0 Å². The van der Waals surface area contributed by atoms with Gasteiger partial charge in [-0.3, -0.25) is 9.55 Å². The first-order valence-electron chi connectivity index (χ1n) is 21.0. The summed E-state index contributed by atoms with van der Waals surface area (Å²) in [5.41, 5.74) is 13.3. The second kappa shape index (κ2) is 14.2. The number of aromatic nitrogens is 6. The third-order valence-electron chi connectivity index (χ3n) is 12.3. The number of pyridine rings is 2. The topological polar surface area (TPSA) is 61.4 Å². The number of hydrogen-bond donors (Lipinski definition) is 0. The van der Waals surface area contributed by atoms with Gasteiger partial charge in [0.15, 0.2) is 0 Å².